The zero-order valence-electron chi connectivity index (χ0n) is 8.84. The fourth-order valence-corrected chi connectivity index (χ4v) is 1.42. The molecule has 0 aliphatic carbocycles. The highest BCUT2D eigenvalue weighted by atomic mass is 79.9. The molecule has 0 radical (unpaired) electrons. The number of carbonyl (C=O) groups excluding carboxylic acids is 1. The first-order valence-electron chi connectivity index (χ1n) is 4.66. The predicted octanol–water partition coefficient (Wildman–Crippen LogP) is 3.68. The van der Waals surface area contributed by atoms with Gasteiger partial charge in [0.2, 0.25) is 4.62 Å². The van der Waals surface area contributed by atoms with E-state index in [1.807, 2.05) is 0 Å². The summed E-state index contributed by atoms with van der Waals surface area (Å²) in [6.07, 6.45) is 0. The van der Waals surface area contributed by atoms with E-state index < -0.39 is 5.97 Å². The van der Waals surface area contributed by atoms with E-state index in [1.54, 1.807) is 25.1 Å². The molecule has 0 saturated heterocycles. The van der Waals surface area contributed by atoms with Crippen molar-refractivity contribution < 1.29 is 9.53 Å². The Kier molecular flexibility index (Phi) is 5.74. The molecule has 0 aliphatic heterocycles. The van der Waals surface area contributed by atoms with Crippen LogP contribution in [0.5, 0.6) is 0 Å². The van der Waals surface area contributed by atoms with E-state index in [1.165, 1.54) is 0 Å². The maximum absolute atomic E-state index is 11.2. The second-order valence-corrected chi connectivity index (χ2v) is 4.43. The van der Waals surface area contributed by atoms with E-state index in [4.69, 9.17) is 27.9 Å². The number of hydrogen-bond donors (Lipinski definition) is 1. The summed E-state index contributed by atoms with van der Waals surface area (Å²) in [5.74, 6) is -0.542. The minimum Gasteiger partial charge on any atom is -0.461 e. The number of ether oxygens (including phenoxy) is 1. The molecule has 17 heavy (non-hydrogen) atoms. The van der Waals surface area contributed by atoms with Gasteiger partial charge in [-0.15, -0.1) is 0 Å². The van der Waals surface area contributed by atoms with Gasteiger partial charge in [0.25, 0.3) is 0 Å². The standard InChI is InChI=1S/C10H9BrCl2N2O2/c1-2-17-10(16)9(11)15-14-6-3-4-7(12)8(13)5-6/h3-5,14H,2H2,1H3/b15-9+. The van der Waals surface area contributed by atoms with Crippen LogP contribution in [-0.4, -0.2) is 17.2 Å². The third-order valence-corrected chi connectivity index (χ3v) is 2.89. The molecule has 1 N–H and O–H groups in total. The third kappa shape index (κ3) is 4.53. The van der Waals surface area contributed by atoms with Crippen molar-refractivity contribution in [2.45, 2.75) is 6.92 Å². The largest absolute Gasteiger partial charge is 0.461 e. The topological polar surface area (TPSA) is 50.7 Å². The number of benzene rings is 1. The van der Waals surface area contributed by atoms with Gasteiger partial charge in [-0.3, -0.25) is 5.43 Å². The number of rotatable bonds is 4. The Bertz CT molecular complexity index is 452. The van der Waals surface area contributed by atoms with Crippen LogP contribution in [0.15, 0.2) is 23.3 Å². The molecule has 4 nitrogen and oxygen atoms in total. The Labute approximate surface area is 117 Å². The van der Waals surface area contributed by atoms with Crippen LogP contribution in [0.1, 0.15) is 6.92 Å². The van der Waals surface area contributed by atoms with Crippen LogP contribution < -0.4 is 5.43 Å². The van der Waals surface area contributed by atoms with Gasteiger partial charge in [0, 0.05) is 0 Å². The molecule has 0 heterocycles. The molecule has 1 rings (SSSR count). The second kappa shape index (κ2) is 6.83. The van der Waals surface area contributed by atoms with Gasteiger partial charge >= 0.3 is 5.97 Å². The van der Waals surface area contributed by atoms with Crippen molar-refractivity contribution in [3.63, 3.8) is 0 Å². The molecule has 0 amide bonds. The minimum atomic E-state index is -0.542. The molecule has 0 atom stereocenters. The number of anilines is 1. The van der Waals surface area contributed by atoms with E-state index in [9.17, 15) is 4.79 Å². The van der Waals surface area contributed by atoms with E-state index >= 15 is 0 Å². The van der Waals surface area contributed by atoms with Crippen molar-refractivity contribution >= 4 is 55.4 Å². The zero-order valence-corrected chi connectivity index (χ0v) is 11.9. The van der Waals surface area contributed by atoms with Crippen molar-refractivity contribution in [3.05, 3.63) is 28.2 Å². The lowest BCUT2D eigenvalue weighted by Crippen LogP contribution is -2.12. The normalized spacial score (nSPS) is 11.2. The molecule has 92 valence electrons. The first-order chi connectivity index (χ1) is 8.04. The number of nitrogens with zero attached hydrogens (tertiary/aromatic N) is 1. The number of carbonyl (C=O) groups is 1. The lowest BCUT2D eigenvalue weighted by Gasteiger charge is -2.03. The summed E-state index contributed by atoms with van der Waals surface area (Å²) in [5.41, 5.74) is 3.26. The quantitative estimate of drug-likeness (QED) is 0.517. The van der Waals surface area contributed by atoms with Gasteiger partial charge in [-0.25, -0.2) is 4.79 Å². The van der Waals surface area contributed by atoms with Gasteiger partial charge in [-0.05, 0) is 41.1 Å². The average Bonchev–Trinajstić information content (AvgIpc) is 2.30. The third-order valence-electron chi connectivity index (χ3n) is 1.65. The molecule has 0 fully saturated rings. The summed E-state index contributed by atoms with van der Waals surface area (Å²) >= 11 is 14.6. The number of esters is 1. The van der Waals surface area contributed by atoms with E-state index in [2.05, 4.69) is 26.5 Å². The molecule has 1 aromatic carbocycles. The van der Waals surface area contributed by atoms with Crippen molar-refractivity contribution in [1.82, 2.24) is 0 Å². The first kappa shape index (κ1) is 14.3. The molecule has 0 aromatic heterocycles. The molecular weight excluding hydrogens is 331 g/mol. The molecule has 0 aliphatic rings. The maximum Gasteiger partial charge on any atom is 0.366 e. The fourth-order valence-electron chi connectivity index (χ4n) is 0.916. The highest BCUT2D eigenvalue weighted by molar-refractivity contribution is 9.19. The van der Waals surface area contributed by atoms with Gasteiger partial charge in [0.05, 0.1) is 22.3 Å². The molecule has 0 bridgehead atoms. The summed E-state index contributed by atoms with van der Waals surface area (Å²) in [6, 6.07) is 4.90. The molecule has 0 spiro atoms. The van der Waals surface area contributed by atoms with Crippen LogP contribution in [0.3, 0.4) is 0 Å². The van der Waals surface area contributed by atoms with E-state index in [0.29, 0.717) is 15.7 Å². The first-order valence-corrected chi connectivity index (χ1v) is 6.21. The van der Waals surface area contributed by atoms with Crippen LogP contribution in [0.25, 0.3) is 0 Å². The Morgan fingerprint density at radius 3 is 2.76 bits per heavy atom. The molecule has 0 saturated carbocycles. The van der Waals surface area contributed by atoms with Gasteiger partial charge in [-0.2, -0.15) is 5.10 Å². The Morgan fingerprint density at radius 2 is 2.18 bits per heavy atom. The Balaban J connectivity index is 2.69. The van der Waals surface area contributed by atoms with Gasteiger partial charge in [0.15, 0.2) is 0 Å². The monoisotopic (exact) mass is 338 g/mol. The van der Waals surface area contributed by atoms with Gasteiger partial charge in [0.1, 0.15) is 0 Å². The lowest BCUT2D eigenvalue weighted by molar-refractivity contribution is -0.134. The van der Waals surface area contributed by atoms with Crippen molar-refractivity contribution in [2.75, 3.05) is 12.0 Å². The van der Waals surface area contributed by atoms with E-state index in [-0.39, 0.29) is 11.2 Å². The zero-order chi connectivity index (χ0) is 12.8. The summed E-state index contributed by atoms with van der Waals surface area (Å²) in [5, 5.41) is 4.64. The smallest absolute Gasteiger partial charge is 0.366 e. The molecule has 0 unspecified atom stereocenters. The number of hydrogen-bond acceptors (Lipinski definition) is 4. The minimum absolute atomic E-state index is 0.0467. The molecule has 7 heteroatoms. The highest BCUT2D eigenvalue weighted by Crippen LogP contribution is 2.24. The average molecular weight is 340 g/mol. The van der Waals surface area contributed by atoms with Gasteiger partial charge in [-0.1, -0.05) is 23.2 Å². The van der Waals surface area contributed by atoms with Crippen LogP contribution in [0.4, 0.5) is 5.69 Å². The second-order valence-electron chi connectivity index (χ2n) is 2.86. The van der Waals surface area contributed by atoms with Crippen LogP contribution >= 0.6 is 39.1 Å². The molecule has 1 aromatic rings. The number of halogens is 3. The van der Waals surface area contributed by atoms with Crippen LogP contribution in [0.2, 0.25) is 10.0 Å². The molecular formula is C10H9BrCl2N2O2. The Hall–Kier alpha value is -0.780. The van der Waals surface area contributed by atoms with Crippen LogP contribution in [-0.2, 0) is 9.53 Å². The number of nitrogens with one attached hydrogen (secondary N) is 1. The summed E-state index contributed by atoms with van der Waals surface area (Å²) in [6.45, 7) is 2.00. The van der Waals surface area contributed by atoms with Crippen molar-refractivity contribution in [2.24, 2.45) is 5.10 Å². The number of hydrazone groups is 1. The van der Waals surface area contributed by atoms with Gasteiger partial charge < -0.3 is 4.74 Å². The summed E-state index contributed by atoms with van der Waals surface area (Å²) < 4.78 is 4.78. The maximum atomic E-state index is 11.2. The van der Waals surface area contributed by atoms with Crippen LogP contribution in [0, 0.1) is 0 Å². The summed E-state index contributed by atoms with van der Waals surface area (Å²) in [7, 11) is 0. The fraction of sp³-hybridized carbons (Fsp3) is 0.200. The Morgan fingerprint density at radius 1 is 1.47 bits per heavy atom. The van der Waals surface area contributed by atoms with Crippen molar-refractivity contribution in [3.8, 4) is 0 Å². The lowest BCUT2D eigenvalue weighted by atomic mass is 10.3. The SMILES string of the molecule is CCOC(=O)/C(Br)=N\Nc1ccc(Cl)c(Cl)c1. The van der Waals surface area contributed by atoms with E-state index in [0.717, 1.165) is 0 Å². The van der Waals surface area contributed by atoms with Crippen molar-refractivity contribution in [1.29, 1.82) is 0 Å². The highest BCUT2D eigenvalue weighted by Gasteiger charge is 2.08. The summed E-state index contributed by atoms with van der Waals surface area (Å²) in [4.78, 5) is 11.2. The predicted molar refractivity (Wildman–Crippen MR) is 73.1 cm³/mol.